The van der Waals surface area contributed by atoms with Crippen LogP contribution in [0.1, 0.15) is 35.0 Å². The van der Waals surface area contributed by atoms with Crippen LogP contribution in [0.5, 0.6) is 0 Å². The number of hydrogen-bond acceptors (Lipinski definition) is 5. The number of piperidine rings is 1. The molecule has 0 N–H and O–H groups in total. The Balaban J connectivity index is 1.68. The van der Waals surface area contributed by atoms with Crippen molar-refractivity contribution >= 4 is 55.8 Å². The van der Waals surface area contributed by atoms with Gasteiger partial charge < -0.3 is 9.64 Å². The quantitative estimate of drug-likeness (QED) is 0.453. The van der Waals surface area contributed by atoms with E-state index in [1.807, 2.05) is 25.1 Å². The largest absolute Gasteiger partial charge is 0.466 e. The van der Waals surface area contributed by atoms with Gasteiger partial charge in [0.2, 0.25) is 0 Å². The van der Waals surface area contributed by atoms with Gasteiger partial charge in [-0.15, -0.1) is 11.3 Å². The van der Waals surface area contributed by atoms with Gasteiger partial charge in [-0.2, -0.15) is 0 Å². The molecule has 5 nitrogen and oxygen atoms in total. The summed E-state index contributed by atoms with van der Waals surface area (Å²) in [6, 6.07) is 7.85. The van der Waals surface area contributed by atoms with Crippen molar-refractivity contribution in [3.05, 3.63) is 39.9 Å². The second-order valence-electron chi connectivity index (χ2n) is 7.12. The van der Waals surface area contributed by atoms with Crippen LogP contribution in [-0.2, 0) is 9.53 Å². The third-order valence-electron chi connectivity index (χ3n) is 5.11. The highest BCUT2D eigenvalue weighted by Crippen LogP contribution is 2.37. The number of carbonyl (C=O) groups excluding carboxylic acids is 2. The highest BCUT2D eigenvalue weighted by molar-refractivity contribution is 7.21. The summed E-state index contributed by atoms with van der Waals surface area (Å²) < 4.78 is 6.11. The van der Waals surface area contributed by atoms with E-state index in [2.05, 4.69) is 11.1 Å². The highest BCUT2D eigenvalue weighted by Gasteiger charge is 2.30. The Morgan fingerprint density at radius 2 is 2.14 bits per heavy atom. The molecule has 7 heteroatoms. The number of likely N-dealkylation sites (tertiary alicyclic amines) is 1. The van der Waals surface area contributed by atoms with Crippen LogP contribution in [0.3, 0.4) is 0 Å². The van der Waals surface area contributed by atoms with Gasteiger partial charge in [-0.25, -0.2) is 4.98 Å². The lowest BCUT2D eigenvalue weighted by molar-refractivity contribution is -0.149. The van der Waals surface area contributed by atoms with Crippen molar-refractivity contribution in [1.82, 2.24) is 9.88 Å². The molecule has 2 aromatic heterocycles. The van der Waals surface area contributed by atoms with E-state index in [9.17, 15) is 9.59 Å². The molecule has 28 heavy (non-hydrogen) atoms. The number of nitrogens with zero attached hydrogens (tertiary/aromatic N) is 2. The van der Waals surface area contributed by atoms with Gasteiger partial charge in [-0.1, -0.05) is 23.2 Å². The van der Waals surface area contributed by atoms with E-state index in [1.165, 1.54) is 11.3 Å². The van der Waals surface area contributed by atoms with Crippen LogP contribution in [-0.4, -0.2) is 41.5 Å². The fraction of sp³-hybridized carbons (Fsp3) is 0.381. The van der Waals surface area contributed by atoms with Crippen LogP contribution in [0.2, 0.25) is 5.15 Å². The number of hydrogen-bond donors (Lipinski definition) is 0. The van der Waals surface area contributed by atoms with Gasteiger partial charge in [0.05, 0.1) is 22.9 Å². The Morgan fingerprint density at radius 1 is 1.32 bits per heavy atom. The molecule has 1 aromatic carbocycles. The Hall–Kier alpha value is -2.18. The van der Waals surface area contributed by atoms with Gasteiger partial charge in [0.1, 0.15) is 5.15 Å². The van der Waals surface area contributed by atoms with Crippen molar-refractivity contribution in [3.63, 3.8) is 0 Å². The van der Waals surface area contributed by atoms with E-state index in [4.69, 9.17) is 16.3 Å². The molecule has 0 radical (unpaired) electrons. The summed E-state index contributed by atoms with van der Waals surface area (Å²) in [4.78, 5) is 32.1. The zero-order valence-electron chi connectivity index (χ0n) is 15.8. The fourth-order valence-corrected chi connectivity index (χ4v) is 5.16. The second-order valence-corrected chi connectivity index (χ2v) is 8.53. The molecule has 1 fully saturated rings. The van der Waals surface area contributed by atoms with E-state index in [1.54, 1.807) is 11.8 Å². The van der Waals surface area contributed by atoms with Crippen molar-refractivity contribution < 1.29 is 14.3 Å². The van der Waals surface area contributed by atoms with E-state index in [0.29, 0.717) is 29.7 Å². The molecule has 0 aliphatic carbocycles. The van der Waals surface area contributed by atoms with Gasteiger partial charge in [0.25, 0.3) is 5.91 Å². The monoisotopic (exact) mass is 416 g/mol. The van der Waals surface area contributed by atoms with Crippen LogP contribution in [0.4, 0.5) is 0 Å². The first-order valence-electron chi connectivity index (χ1n) is 9.43. The zero-order chi connectivity index (χ0) is 19.8. The number of aryl methyl sites for hydroxylation is 1. The number of fused-ring (bicyclic) bond motifs is 3. The van der Waals surface area contributed by atoms with Crippen molar-refractivity contribution in [2.75, 3.05) is 19.7 Å². The Bertz CT molecular complexity index is 1080. The summed E-state index contributed by atoms with van der Waals surface area (Å²) in [7, 11) is 0. The minimum absolute atomic E-state index is 0.0629. The maximum Gasteiger partial charge on any atom is 0.310 e. The smallest absolute Gasteiger partial charge is 0.310 e. The summed E-state index contributed by atoms with van der Waals surface area (Å²) in [5.41, 5.74) is 1.96. The number of ether oxygens (including phenoxy) is 1. The number of amides is 1. The molecule has 0 spiro atoms. The number of aromatic nitrogens is 1. The molecule has 1 aliphatic rings. The number of thiophene rings is 1. The number of carbonyl (C=O) groups is 2. The van der Waals surface area contributed by atoms with Crippen molar-refractivity contribution in [3.8, 4) is 0 Å². The predicted molar refractivity (Wildman–Crippen MR) is 112 cm³/mol. The SMILES string of the molecule is CCOC(=O)[C@H]1CCCN(C(=O)c2cc3c(Cl)nc4ccc(C)cc4c3s2)C1. The lowest BCUT2D eigenvalue weighted by atomic mass is 9.98. The van der Waals surface area contributed by atoms with Gasteiger partial charge in [0.15, 0.2) is 0 Å². The molecule has 0 unspecified atom stereocenters. The van der Waals surface area contributed by atoms with E-state index < -0.39 is 0 Å². The molecule has 146 valence electrons. The Morgan fingerprint density at radius 3 is 2.93 bits per heavy atom. The van der Waals surface area contributed by atoms with Gasteiger partial charge >= 0.3 is 5.97 Å². The molecule has 4 rings (SSSR count). The van der Waals surface area contributed by atoms with Gasteiger partial charge in [-0.05, 0) is 44.9 Å². The third kappa shape index (κ3) is 3.47. The second kappa shape index (κ2) is 7.68. The molecule has 1 atom stereocenters. The standard InChI is InChI=1S/C21H21ClN2O3S/c1-3-27-21(26)13-5-4-8-24(11-13)20(25)17-10-15-18(28-17)14-9-12(2)6-7-16(14)23-19(15)22/h6-7,9-10,13H,3-5,8,11H2,1-2H3/t13-/m0/s1. The summed E-state index contributed by atoms with van der Waals surface area (Å²) >= 11 is 7.83. The Kier molecular flexibility index (Phi) is 5.25. The summed E-state index contributed by atoms with van der Waals surface area (Å²) in [5, 5.41) is 2.21. The highest BCUT2D eigenvalue weighted by atomic mass is 35.5. The molecular formula is C21H21ClN2O3S. The molecule has 1 aliphatic heterocycles. The van der Waals surface area contributed by atoms with E-state index in [0.717, 1.165) is 39.4 Å². The molecule has 1 saturated heterocycles. The number of esters is 1. The number of rotatable bonds is 3. The lowest BCUT2D eigenvalue weighted by Gasteiger charge is -2.31. The first-order valence-corrected chi connectivity index (χ1v) is 10.6. The summed E-state index contributed by atoms with van der Waals surface area (Å²) in [6.45, 7) is 5.23. The van der Waals surface area contributed by atoms with Crippen LogP contribution < -0.4 is 0 Å². The number of halogens is 1. The van der Waals surface area contributed by atoms with Gasteiger partial charge in [0, 0.05) is 28.6 Å². The first-order chi connectivity index (χ1) is 13.5. The molecule has 3 aromatic rings. The molecular weight excluding hydrogens is 396 g/mol. The molecule has 0 bridgehead atoms. The predicted octanol–water partition coefficient (Wildman–Crippen LogP) is 4.83. The van der Waals surface area contributed by atoms with Crippen LogP contribution >= 0.6 is 22.9 Å². The summed E-state index contributed by atoms with van der Waals surface area (Å²) in [6.07, 6.45) is 1.55. The van der Waals surface area contributed by atoms with Crippen LogP contribution in [0, 0.1) is 12.8 Å². The normalized spacial score (nSPS) is 17.2. The number of pyridine rings is 1. The van der Waals surface area contributed by atoms with E-state index in [-0.39, 0.29) is 17.8 Å². The Labute approximate surface area is 172 Å². The zero-order valence-corrected chi connectivity index (χ0v) is 17.4. The maximum atomic E-state index is 13.1. The van der Waals surface area contributed by atoms with Crippen LogP contribution in [0.25, 0.3) is 21.0 Å². The van der Waals surface area contributed by atoms with Crippen LogP contribution in [0.15, 0.2) is 24.3 Å². The molecule has 3 heterocycles. The average molecular weight is 417 g/mol. The topological polar surface area (TPSA) is 59.5 Å². The van der Waals surface area contributed by atoms with Crippen molar-refractivity contribution in [1.29, 1.82) is 0 Å². The molecule has 0 saturated carbocycles. The lowest BCUT2D eigenvalue weighted by Crippen LogP contribution is -2.42. The average Bonchev–Trinajstić information content (AvgIpc) is 3.15. The maximum absolute atomic E-state index is 13.1. The molecule has 1 amide bonds. The first kappa shape index (κ1) is 19.2. The van der Waals surface area contributed by atoms with E-state index >= 15 is 0 Å². The van der Waals surface area contributed by atoms with Gasteiger partial charge in [-0.3, -0.25) is 9.59 Å². The van der Waals surface area contributed by atoms with Crippen molar-refractivity contribution in [2.24, 2.45) is 5.92 Å². The summed E-state index contributed by atoms with van der Waals surface area (Å²) in [5.74, 6) is -0.530. The minimum Gasteiger partial charge on any atom is -0.466 e. The number of benzene rings is 1. The minimum atomic E-state index is -0.249. The fourth-order valence-electron chi connectivity index (χ4n) is 3.71. The van der Waals surface area contributed by atoms with Crippen molar-refractivity contribution in [2.45, 2.75) is 26.7 Å². The third-order valence-corrected chi connectivity index (χ3v) is 6.55.